The quantitative estimate of drug-likeness (QED) is 0.855. The van der Waals surface area contributed by atoms with Crippen molar-refractivity contribution in [3.05, 3.63) is 35.2 Å². The first-order valence-corrected chi connectivity index (χ1v) is 5.08. The minimum Gasteiger partial charge on any atom is -0.276 e. The second-order valence-corrected chi connectivity index (χ2v) is 3.67. The van der Waals surface area contributed by atoms with Gasteiger partial charge in [0.05, 0.1) is 11.3 Å². The summed E-state index contributed by atoms with van der Waals surface area (Å²) in [6.45, 7) is 1.65. The van der Waals surface area contributed by atoms with Gasteiger partial charge in [0.2, 0.25) is 0 Å². The summed E-state index contributed by atoms with van der Waals surface area (Å²) in [4.78, 5) is 3.90. The summed E-state index contributed by atoms with van der Waals surface area (Å²) in [7, 11) is 0. The van der Waals surface area contributed by atoms with E-state index in [-0.39, 0.29) is 11.4 Å². The number of H-pyrrole nitrogens is 1. The average molecular weight is 259 g/mol. The van der Waals surface area contributed by atoms with Gasteiger partial charge in [0.25, 0.3) is 12.9 Å². The van der Waals surface area contributed by atoms with Crippen molar-refractivity contribution in [1.29, 1.82) is 0 Å². The highest BCUT2D eigenvalue weighted by Crippen LogP contribution is 2.36. The van der Waals surface area contributed by atoms with Gasteiger partial charge in [-0.05, 0) is 18.6 Å². The van der Waals surface area contributed by atoms with Gasteiger partial charge in [-0.15, -0.1) is 0 Å². The minimum atomic E-state index is -3.04. The highest BCUT2D eigenvalue weighted by Gasteiger charge is 2.28. The third kappa shape index (κ3) is 2.07. The van der Waals surface area contributed by atoms with Crippen molar-refractivity contribution in [2.75, 3.05) is 0 Å². The summed E-state index contributed by atoms with van der Waals surface area (Å²) in [6, 6.07) is 3.27. The van der Waals surface area contributed by atoms with Crippen LogP contribution in [0.2, 0.25) is 0 Å². The largest absolute Gasteiger partial charge is 0.280 e. The molecule has 3 nitrogen and oxygen atoms in total. The van der Waals surface area contributed by atoms with E-state index in [0.717, 1.165) is 0 Å². The van der Waals surface area contributed by atoms with Gasteiger partial charge >= 0.3 is 0 Å². The standard InChI is InChI=1S/C11H9F4N3/c1-5-3-2-4-16-7(5)8-6(10(12)13)9(11(14)15)18-17-8/h2-4,10-11H,1H3,(H,17,18). The summed E-state index contributed by atoms with van der Waals surface area (Å²) in [5.41, 5.74) is -1.10. The van der Waals surface area contributed by atoms with E-state index in [2.05, 4.69) is 10.1 Å². The van der Waals surface area contributed by atoms with Crippen LogP contribution in [0.4, 0.5) is 17.6 Å². The number of pyridine rings is 1. The fourth-order valence-corrected chi connectivity index (χ4v) is 1.67. The zero-order valence-electron chi connectivity index (χ0n) is 9.29. The van der Waals surface area contributed by atoms with E-state index in [4.69, 9.17) is 0 Å². The van der Waals surface area contributed by atoms with E-state index in [1.807, 2.05) is 5.10 Å². The molecule has 2 aromatic rings. The van der Waals surface area contributed by atoms with Gasteiger partial charge < -0.3 is 0 Å². The fourth-order valence-electron chi connectivity index (χ4n) is 1.67. The number of rotatable bonds is 3. The van der Waals surface area contributed by atoms with Gasteiger partial charge in [0.1, 0.15) is 11.4 Å². The van der Waals surface area contributed by atoms with Gasteiger partial charge in [-0.1, -0.05) is 6.07 Å². The molecule has 18 heavy (non-hydrogen) atoms. The number of aromatic nitrogens is 3. The molecule has 0 saturated carbocycles. The third-order valence-electron chi connectivity index (χ3n) is 2.50. The summed E-state index contributed by atoms with van der Waals surface area (Å²) in [5.74, 6) is 0. The minimum absolute atomic E-state index is 0.177. The number of hydrogen-bond acceptors (Lipinski definition) is 2. The number of alkyl halides is 4. The van der Waals surface area contributed by atoms with Gasteiger partial charge in [0.15, 0.2) is 0 Å². The molecule has 0 bridgehead atoms. The van der Waals surface area contributed by atoms with Gasteiger partial charge in [-0.3, -0.25) is 10.1 Å². The normalized spacial score (nSPS) is 11.5. The molecule has 0 fully saturated rings. The summed E-state index contributed by atoms with van der Waals surface area (Å²) in [5, 5.41) is 5.50. The molecule has 0 radical (unpaired) electrons. The molecule has 0 atom stereocenters. The van der Waals surface area contributed by atoms with E-state index in [0.29, 0.717) is 5.56 Å². The topological polar surface area (TPSA) is 41.6 Å². The first-order chi connectivity index (χ1) is 8.52. The Bertz CT molecular complexity index is 551. The molecular formula is C11H9F4N3. The molecule has 2 heterocycles. The smallest absolute Gasteiger partial charge is 0.276 e. The zero-order valence-corrected chi connectivity index (χ0v) is 9.29. The van der Waals surface area contributed by atoms with Crippen LogP contribution in [0.3, 0.4) is 0 Å². The Morgan fingerprint density at radius 3 is 2.39 bits per heavy atom. The SMILES string of the molecule is Cc1cccnc1-c1n[nH]c(C(F)F)c1C(F)F. The van der Waals surface area contributed by atoms with Crippen LogP contribution in [0.5, 0.6) is 0 Å². The zero-order chi connectivity index (χ0) is 13.3. The van der Waals surface area contributed by atoms with Crippen LogP contribution >= 0.6 is 0 Å². The molecule has 1 N–H and O–H groups in total. The monoisotopic (exact) mass is 259 g/mol. The lowest BCUT2D eigenvalue weighted by Gasteiger charge is -2.05. The average Bonchev–Trinajstić information content (AvgIpc) is 2.74. The Morgan fingerprint density at radius 1 is 1.11 bits per heavy atom. The van der Waals surface area contributed by atoms with E-state index >= 15 is 0 Å². The molecule has 0 unspecified atom stereocenters. The number of halogens is 4. The number of hydrogen-bond donors (Lipinski definition) is 1. The van der Waals surface area contributed by atoms with Crippen molar-refractivity contribution in [3.8, 4) is 11.4 Å². The van der Waals surface area contributed by atoms with Crippen LogP contribution < -0.4 is 0 Å². The van der Waals surface area contributed by atoms with E-state index in [1.165, 1.54) is 6.20 Å². The van der Waals surface area contributed by atoms with Gasteiger partial charge in [-0.25, -0.2) is 17.6 Å². The molecule has 0 amide bonds. The summed E-state index contributed by atoms with van der Waals surface area (Å²) >= 11 is 0. The molecule has 0 spiro atoms. The summed E-state index contributed by atoms with van der Waals surface area (Å²) < 4.78 is 50.9. The summed E-state index contributed by atoms with van der Waals surface area (Å²) in [6.07, 6.45) is -4.67. The molecule has 0 aliphatic heterocycles. The fraction of sp³-hybridized carbons (Fsp3) is 0.273. The van der Waals surface area contributed by atoms with Crippen molar-refractivity contribution in [2.45, 2.75) is 19.8 Å². The Balaban J connectivity index is 2.62. The number of aromatic amines is 1. The van der Waals surface area contributed by atoms with Crippen LogP contribution in [0, 0.1) is 6.92 Å². The number of nitrogens with one attached hydrogen (secondary N) is 1. The van der Waals surface area contributed by atoms with E-state index in [9.17, 15) is 17.6 Å². The number of aryl methyl sites for hydroxylation is 1. The lowest BCUT2D eigenvalue weighted by Crippen LogP contribution is -1.96. The predicted octanol–water partition coefficient (Wildman–Crippen LogP) is 3.66. The van der Waals surface area contributed by atoms with Crippen LogP contribution in [0.15, 0.2) is 18.3 Å². The Kier molecular flexibility index (Phi) is 3.31. The maximum atomic E-state index is 12.9. The highest BCUT2D eigenvalue weighted by atomic mass is 19.3. The molecule has 7 heteroatoms. The molecule has 0 aliphatic carbocycles. The molecular weight excluding hydrogens is 250 g/mol. The Morgan fingerprint density at radius 2 is 1.83 bits per heavy atom. The van der Waals surface area contributed by atoms with Crippen molar-refractivity contribution < 1.29 is 17.6 Å². The third-order valence-corrected chi connectivity index (χ3v) is 2.50. The molecule has 96 valence electrons. The lowest BCUT2D eigenvalue weighted by molar-refractivity contribution is 0.122. The van der Waals surface area contributed by atoms with Crippen LogP contribution in [-0.4, -0.2) is 15.2 Å². The van der Waals surface area contributed by atoms with Crippen molar-refractivity contribution in [1.82, 2.24) is 15.2 Å². The predicted molar refractivity (Wildman–Crippen MR) is 56.5 cm³/mol. The highest BCUT2D eigenvalue weighted by molar-refractivity contribution is 5.63. The molecule has 0 aliphatic rings. The Hall–Kier alpha value is -1.92. The van der Waals surface area contributed by atoms with Gasteiger partial charge in [-0.2, -0.15) is 5.10 Å². The van der Waals surface area contributed by atoms with Crippen LogP contribution in [0.25, 0.3) is 11.4 Å². The van der Waals surface area contributed by atoms with E-state index < -0.39 is 24.1 Å². The maximum Gasteiger partial charge on any atom is 0.280 e. The van der Waals surface area contributed by atoms with Crippen molar-refractivity contribution in [3.63, 3.8) is 0 Å². The molecule has 2 rings (SSSR count). The molecule has 0 saturated heterocycles. The first-order valence-electron chi connectivity index (χ1n) is 5.08. The van der Waals surface area contributed by atoms with Crippen molar-refractivity contribution in [2.24, 2.45) is 0 Å². The van der Waals surface area contributed by atoms with Crippen LogP contribution in [-0.2, 0) is 0 Å². The van der Waals surface area contributed by atoms with Crippen molar-refractivity contribution >= 4 is 0 Å². The second-order valence-electron chi connectivity index (χ2n) is 3.67. The Labute approximate surface area is 99.9 Å². The number of nitrogens with zero attached hydrogens (tertiary/aromatic N) is 2. The van der Waals surface area contributed by atoms with Gasteiger partial charge in [0, 0.05) is 6.20 Å². The van der Waals surface area contributed by atoms with E-state index in [1.54, 1.807) is 19.1 Å². The molecule has 0 aromatic carbocycles. The molecule has 2 aromatic heterocycles. The lowest BCUT2D eigenvalue weighted by atomic mass is 10.1. The first kappa shape index (κ1) is 12.5. The van der Waals surface area contributed by atoms with Crippen LogP contribution in [0.1, 0.15) is 29.7 Å². The maximum absolute atomic E-state index is 12.9. The second kappa shape index (κ2) is 4.75.